The van der Waals surface area contributed by atoms with E-state index in [2.05, 4.69) is 5.32 Å². The van der Waals surface area contributed by atoms with Crippen LogP contribution in [0.5, 0.6) is 0 Å². The fourth-order valence-electron chi connectivity index (χ4n) is 3.86. The molecule has 20 heavy (non-hydrogen) atoms. The largest absolute Gasteiger partial charge is 0.392 e. The molecule has 0 radical (unpaired) electrons. The molecule has 1 aliphatic heterocycles. The van der Waals surface area contributed by atoms with E-state index in [1.165, 1.54) is 0 Å². The quantitative estimate of drug-likeness (QED) is 0.830. The third kappa shape index (κ3) is 4.10. The van der Waals surface area contributed by atoms with E-state index < -0.39 is 12.1 Å². The molecule has 2 fully saturated rings. The molecule has 0 spiro atoms. The highest BCUT2D eigenvalue weighted by atomic mass is 19.4. The van der Waals surface area contributed by atoms with Crippen molar-refractivity contribution in [2.75, 3.05) is 13.7 Å². The van der Waals surface area contributed by atoms with E-state index in [-0.39, 0.29) is 18.1 Å². The average molecular weight is 293 g/mol. The highest BCUT2D eigenvalue weighted by molar-refractivity contribution is 4.88. The molecule has 0 aromatic heterocycles. The Labute approximate surface area is 119 Å². The molecule has 4 atom stereocenters. The summed E-state index contributed by atoms with van der Waals surface area (Å²) in [5.41, 5.74) is 0. The second kappa shape index (κ2) is 7.12. The lowest BCUT2D eigenvalue weighted by atomic mass is 9.73. The summed E-state index contributed by atoms with van der Waals surface area (Å²) in [7, 11) is 1.79. The van der Waals surface area contributed by atoms with Crippen molar-refractivity contribution in [2.45, 2.75) is 69.7 Å². The van der Waals surface area contributed by atoms with Crippen molar-refractivity contribution in [1.29, 1.82) is 0 Å². The summed E-state index contributed by atoms with van der Waals surface area (Å²) < 4.78 is 45.1. The highest BCUT2D eigenvalue weighted by Crippen LogP contribution is 2.43. The zero-order valence-electron chi connectivity index (χ0n) is 12.2. The van der Waals surface area contributed by atoms with E-state index in [0.717, 1.165) is 38.7 Å². The first-order chi connectivity index (χ1) is 9.52. The van der Waals surface area contributed by atoms with Crippen LogP contribution in [0.3, 0.4) is 0 Å². The van der Waals surface area contributed by atoms with Crippen molar-refractivity contribution in [3.63, 3.8) is 0 Å². The minimum absolute atomic E-state index is 0.0360. The van der Waals surface area contributed by atoms with Crippen molar-refractivity contribution in [1.82, 2.24) is 5.32 Å². The molecule has 0 bridgehead atoms. The summed E-state index contributed by atoms with van der Waals surface area (Å²) in [5.74, 6) is -1.40. The minimum atomic E-state index is -4.05. The molecule has 5 heteroatoms. The zero-order chi connectivity index (χ0) is 14.6. The SMILES string of the molecule is CNC(CCC1CCCO1)C1CCCCC1C(F)(F)F. The van der Waals surface area contributed by atoms with Gasteiger partial charge in [0, 0.05) is 12.6 Å². The zero-order valence-corrected chi connectivity index (χ0v) is 12.2. The van der Waals surface area contributed by atoms with Crippen LogP contribution in [0.2, 0.25) is 0 Å². The van der Waals surface area contributed by atoms with Crippen LogP contribution < -0.4 is 5.32 Å². The van der Waals surface area contributed by atoms with Crippen LogP contribution in [0, 0.1) is 11.8 Å². The van der Waals surface area contributed by atoms with E-state index in [9.17, 15) is 13.2 Å². The second-order valence-corrected chi connectivity index (χ2v) is 6.20. The summed E-state index contributed by atoms with van der Waals surface area (Å²) in [6.45, 7) is 0.809. The Morgan fingerprint density at radius 1 is 1.15 bits per heavy atom. The van der Waals surface area contributed by atoms with Gasteiger partial charge in [0.25, 0.3) is 0 Å². The van der Waals surface area contributed by atoms with Crippen molar-refractivity contribution in [2.24, 2.45) is 11.8 Å². The maximum atomic E-state index is 13.2. The number of hydrogen-bond donors (Lipinski definition) is 1. The number of nitrogens with one attached hydrogen (secondary N) is 1. The first-order valence-electron chi connectivity index (χ1n) is 7.88. The fraction of sp³-hybridized carbons (Fsp3) is 1.00. The standard InChI is InChI=1S/C15H26F3NO/c1-19-14(9-8-11-5-4-10-20-11)12-6-2-3-7-13(12)15(16,17)18/h11-14,19H,2-10H2,1H3. The predicted octanol–water partition coefficient (Wildman–Crippen LogP) is 3.90. The molecule has 0 aromatic carbocycles. The first kappa shape index (κ1) is 16.1. The third-order valence-corrected chi connectivity index (χ3v) is 4.95. The van der Waals surface area contributed by atoms with Gasteiger partial charge in [-0.15, -0.1) is 0 Å². The van der Waals surface area contributed by atoms with Crippen molar-refractivity contribution >= 4 is 0 Å². The summed E-state index contributed by atoms with van der Waals surface area (Å²) in [6, 6.07) is -0.0360. The molecule has 0 amide bonds. The van der Waals surface area contributed by atoms with Gasteiger partial charge in [-0.3, -0.25) is 0 Å². The van der Waals surface area contributed by atoms with Crippen LogP contribution in [-0.4, -0.2) is 32.0 Å². The molecular formula is C15H26F3NO. The lowest BCUT2D eigenvalue weighted by molar-refractivity contribution is -0.199. The summed E-state index contributed by atoms with van der Waals surface area (Å²) in [4.78, 5) is 0. The monoisotopic (exact) mass is 293 g/mol. The van der Waals surface area contributed by atoms with Crippen LogP contribution in [0.15, 0.2) is 0 Å². The van der Waals surface area contributed by atoms with Gasteiger partial charge in [0.1, 0.15) is 0 Å². The highest BCUT2D eigenvalue weighted by Gasteiger charge is 2.47. The van der Waals surface area contributed by atoms with Crippen LogP contribution >= 0.6 is 0 Å². The number of hydrogen-bond acceptors (Lipinski definition) is 2. The van der Waals surface area contributed by atoms with Crippen LogP contribution in [0.1, 0.15) is 51.4 Å². The second-order valence-electron chi connectivity index (χ2n) is 6.20. The number of alkyl halides is 3. The fourth-order valence-corrected chi connectivity index (χ4v) is 3.86. The predicted molar refractivity (Wildman–Crippen MR) is 72.6 cm³/mol. The molecule has 0 aromatic rings. The maximum Gasteiger partial charge on any atom is 0.392 e. The Bertz CT molecular complexity index is 289. The number of rotatable bonds is 5. The van der Waals surface area contributed by atoms with Gasteiger partial charge < -0.3 is 10.1 Å². The minimum Gasteiger partial charge on any atom is -0.378 e. The molecule has 1 saturated carbocycles. The molecule has 4 unspecified atom stereocenters. The van der Waals surface area contributed by atoms with E-state index in [4.69, 9.17) is 4.74 Å². The van der Waals surface area contributed by atoms with Gasteiger partial charge in [-0.1, -0.05) is 12.8 Å². The van der Waals surface area contributed by atoms with Crippen LogP contribution in [0.25, 0.3) is 0 Å². The van der Waals surface area contributed by atoms with Crippen molar-refractivity contribution in [3.05, 3.63) is 0 Å². The van der Waals surface area contributed by atoms with Gasteiger partial charge in [0.2, 0.25) is 0 Å². The Morgan fingerprint density at radius 2 is 1.90 bits per heavy atom. The topological polar surface area (TPSA) is 21.3 Å². The molecule has 1 N–H and O–H groups in total. The summed E-state index contributed by atoms with van der Waals surface area (Å²) >= 11 is 0. The molecule has 2 rings (SSSR count). The van der Waals surface area contributed by atoms with Gasteiger partial charge in [-0.2, -0.15) is 13.2 Å². The molecule has 1 aliphatic carbocycles. The van der Waals surface area contributed by atoms with Crippen LogP contribution in [0.4, 0.5) is 13.2 Å². The molecule has 1 heterocycles. The van der Waals surface area contributed by atoms with E-state index in [1.807, 2.05) is 0 Å². The van der Waals surface area contributed by atoms with E-state index in [1.54, 1.807) is 7.05 Å². The van der Waals surface area contributed by atoms with Gasteiger partial charge in [-0.05, 0) is 51.5 Å². The Morgan fingerprint density at radius 3 is 2.50 bits per heavy atom. The normalized spacial score (nSPS) is 33.3. The van der Waals surface area contributed by atoms with Crippen LogP contribution in [-0.2, 0) is 4.74 Å². The van der Waals surface area contributed by atoms with Gasteiger partial charge in [0.15, 0.2) is 0 Å². The first-order valence-corrected chi connectivity index (χ1v) is 7.88. The van der Waals surface area contributed by atoms with Gasteiger partial charge in [-0.25, -0.2) is 0 Å². The van der Waals surface area contributed by atoms with Crippen molar-refractivity contribution in [3.8, 4) is 0 Å². The Kier molecular flexibility index (Phi) is 5.73. The molecule has 2 nitrogen and oxygen atoms in total. The molecule has 1 saturated heterocycles. The van der Waals surface area contributed by atoms with E-state index >= 15 is 0 Å². The van der Waals surface area contributed by atoms with Gasteiger partial charge >= 0.3 is 6.18 Å². The Hall–Kier alpha value is -0.290. The lowest BCUT2D eigenvalue weighted by Gasteiger charge is -2.38. The smallest absolute Gasteiger partial charge is 0.378 e. The molecular weight excluding hydrogens is 267 g/mol. The van der Waals surface area contributed by atoms with Gasteiger partial charge in [0.05, 0.1) is 12.0 Å². The third-order valence-electron chi connectivity index (χ3n) is 4.95. The molecule has 118 valence electrons. The van der Waals surface area contributed by atoms with Crippen molar-refractivity contribution < 1.29 is 17.9 Å². The average Bonchev–Trinajstić information content (AvgIpc) is 2.92. The summed E-state index contributed by atoms with van der Waals surface area (Å²) in [5, 5.41) is 3.14. The lowest BCUT2D eigenvalue weighted by Crippen LogP contribution is -2.44. The van der Waals surface area contributed by atoms with E-state index in [0.29, 0.717) is 19.3 Å². The number of halogens is 3. The maximum absolute atomic E-state index is 13.2. The number of ether oxygens (including phenoxy) is 1. The summed E-state index contributed by atoms with van der Waals surface area (Å²) in [6.07, 6.45) is 2.66. The molecule has 2 aliphatic rings. The Balaban J connectivity index is 1.92.